The van der Waals surface area contributed by atoms with E-state index in [9.17, 15) is 22.4 Å². The van der Waals surface area contributed by atoms with Gasteiger partial charge < -0.3 is 0 Å². The maximum atomic E-state index is 13.5. The van der Waals surface area contributed by atoms with E-state index in [4.69, 9.17) is 0 Å². The van der Waals surface area contributed by atoms with Crippen molar-refractivity contribution in [3.8, 4) is 0 Å². The van der Waals surface area contributed by atoms with Gasteiger partial charge in [-0.05, 0) is 31.4 Å². The second kappa shape index (κ2) is 8.39. The van der Waals surface area contributed by atoms with Gasteiger partial charge in [0, 0.05) is 13.1 Å². The second-order valence-corrected chi connectivity index (χ2v) is 8.02. The molecular formula is C16H22FN3O4S. The monoisotopic (exact) mass is 371 g/mol. The summed E-state index contributed by atoms with van der Waals surface area (Å²) in [6.45, 7) is 2.27. The smallest absolute Gasteiger partial charge is 0.272 e. The number of rotatable bonds is 5. The zero-order chi connectivity index (χ0) is 18.4. The Morgan fingerprint density at radius 2 is 2.00 bits per heavy atom. The molecule has 1 saturated heterocycles. The van der Waals surface area contributed by atoms with Gasteiger partial charge in [0.2, 0.25) is 15.9 Å². The van der Waals surface area contributed by atoms with E-state index >= 15 is 0 Å². The van der Waals surface area contributed by atoms with Crippen LogP contribution in [0.5, 0.6) is 0 Å². The molecular weight excluding hydrogens is 349 g/mol. The Bertz CT molecular complexity index is 739. The summed E-state index contributed by atoms with van der Waals surface area (Å²) in [5.41, 5.74) is 4.24. The van der Waals surface area contributed by atoms with Gasteiger partial charge in [-0.3, -0.25) is 20.4 Å². The third-order valence-electron chi connectivity index (χ3n) is 4.03. The molecule has 25 heavy (non-hydrogen) atoms. The first-order valence-corrected chi connectivity index (χ1v) is 9.78. The Hall–Kier alpha value is -2.00. The minimum Gasteiger partial charge on any atom is -0.273 e. The fraction of sp³-hybridized carbons (Fsp3) is 0.500. The SMILES string of the molecule is CCCS(=O)(=O)N1CCCC(C(=O)NNC(=O)c2ccccc2F)C1. The first kappa shape index (κ1) is 19.3. The molecule has 0 aliphatic carbocycles. The van der Waals surface area contributed by atoms with Crippen LogP contribution in [0.1, 0.15) is 36.5 Å². The van der Waals surface area contributed by atoms with Crippen molar-refractivity contribution in [1.29, 1.82) is 0 Å². The predicted molar refractivity (Wildman–Crippen MR) is 90.4 cm³/mol. The van der Waals surface area contributed by atoms with Crippen molar-refractivity contribution < 1.29 is 22.4 Å². The molecule has 0 spiro atoms. The largest absolute Gasteiger partial charge is 0.273 e. The number of hydrogen-bond acceptors (Lipinski definition) is 4. The van der Waals surface area contributed by atoms with Gasteiger partial charge in [-0.15, -0.1) is 0 Å². The molecule has 7 nitrogen and oxygen atoms in total. The number of nitrogens with one attached hydrogen (secondary N) is 2. The summed E-state index contributed by atoms with van der Waals surface area (Å²) < 4.78 is 39.1. The average Bonchev–Trinajstić information content (AvgIpc) is 2.60. The second-order valence-electron chi connectivity index (χ2n) is 5.94. The van der Waals surface area contributed by atoms with Crippen LogP contribution in [0.2, 0.25) is 0 Å². The van der Waals surface area contributed by atoms with Crippen LogP contribution in [0.4, 0.5) is 4.39 Å². The van der Waals surface area contributed by atoms with Gasteiger partial charge in [-0.2, -0.15) is 0 Å². The van der Waals surface area contributed by atoms with Gasteiger partial charge in [0.1, 0.15) is 5.82 Å². The summed E-state index contributed by atoms with van der Waals surface area (Å²) >= 11 is 0. The fourth-order valence-electron chi connectivity index (χ4n) is 2.73. The lowest BCUT2D eigenvalue weighted by atomic mass is 9.99. The van der Waals surface area contributed by atoms with Gasteiger partial charge in [0.25, 0.3) is 5.91 Å². The molecule has 0 radical (unpaired) electrons. The van der Waals surface area contributed by atoms with Gasteiger partial charge >= 0.3 is 0 Å². The van der Waals surface area contributed by atoms with Crippen LogP contribution in [-0.4, -0.2) is 43.4 Å². The third kappa shape index (κ3) is 4.99. The molecule has 1 fully saturated rings. The Kier molecular flexibility index (Phi) is 6.49. The molecule has 138 valence electrons. The molecule has 2 rings (SSSR count). The highest BCUT2D eigenvalue weighted by atomic mass is 32.2. The van der Waals surface area contributed by atoms with Crippen LogP contribution < -0.4 is 10.9 Å². The summed E-state index contributed by atoms with van der Waals surface area (Å²) in [6.07, 6.45) is 1.61. The van der Waals surface area contributed by atoms with Gasteiger partial charge in [0.05, 0.1) is 17.2 Å². The van der Waals surface area contributed by atoms with Crippen molar-refractivity contribution in [3.05, 3.63) is 35.6 Å². The van der Waals surface area contributed by atoms with Crippen molar-refractivity contribution in [2.24, 2.45) is 5.92 Å². The van der Waals surface area contributed by atoms with Gasteiger partial charge in [-0.25, -0.2) is 17.1 Å². The predicted octanol–water partition coefficient (Wildman–Crippen LogP) is 1.04. The standard InChI is InChI=1S/C16H22FN3O4S/c1-2-10-25(23,24)20-9-5-6-12(11-20)15(21)18-19-16(22)13-7-3-4-8-14(13)17/h3-4,7-8,12H,2,5-6,9-11H2,1H3,(H,18,21)(H,19,22). The lowest BCUT2D eigenvalue weighted by Crippen LogP contribution is -2.50. The summed E-state index contributed by atoms with van der Waals surface area (Å²) in [6, 6.07) is 5.42. The minimum atomic E-state index is -3.36. The molecule has 0 bridgehead atoms. The number of halogens is 1. The lowest BCUT2D eigenvalue weighted by molar-refractivity contribution is -0.126. The Morgan fingerprint density at radius 3 is 2.68 bits per heavy atom. The van der Waals surface area contributed by atoms with Crippen LogP contribution in [0.3, 0.4) is 0 Å². The normalized spacial score (nSPS) is 18.6. The first-order valence-electron chi connectivity index (χ1n) is 8.17. The zero-order valence-corrected chi connectivity index (χ0v) is 14.8. The Morgan fingerprint density at radius 1 is 1.28 bits per heavy atom. The first-order chi connectivity index (χ1) is 11.8. The number of hydrogen-bond donors (Lipinski definition) is 2. The average molecular weight is 371 g/mol. The number of benzene rings is 1. The van der Waals surface area contributed by atoms with Crippen LogP contribution in [-0.2, 0) is 14.8 Å². The maximum Gasteiger partial charge on any atom is 0.272 e. The number of piperidine rings is 1. The van der Waals surface area contributed by atoms with Crippen molar-refractivity contribution in [2.45, 2.75) is 26.2 Å². The van der Waals surface area contributed by atoms with Crippen molar-refractivity contribution in [1.82, 2.24) is 15.2 Å². The molecule has 0 aromatic heterocycles. The van der Waals surface area contributed by atoms with E-state index in [0.29, 0.717) is 25.8 Å². The van der Waals surface area contributed by atoms with Crippen LogP contribution in [0.15, 0.2) is 24.3 Å². The molecule has 1 heterocycles. The van der Waals surface area contributed by atoms with E-state index in [1.807, 2.05) is 0 Å². The van der Waals surface area contributed by atoms with Crippen LogP contribution in [0, 0.1) is 11.7 Å². The molecule has 1 aliphatic heterocycles. The highest BCUT2D eigenvalue weighted by Gasteiger charge is 2.32. The molecule has 1 aromatic carbocycles. The Balaban J connectivity index is 1.92. The summed E-state index contributed by atoms with van der Waals surface area (Å²) in [5.74, 6) is -2.45. The molecule has 0 saturated carbocycles. The highest BCUT2D eigenvalue weighted by molar-refractivity contribution is 7.89. The molecule has 1 aliphatic rings. The third-order valence-corrected chi connectivity index (χ3v) is 6.07. The molecule has 1 unspecified atom stereocenters. The quantitative estimate of drug-likeness (QED) is 0.756. The number of hydrazine groups is 1. The van der Waals surface area contributed by atoms with E-state index < -0.39 is 33.6 Å². The Labute approximate surface area is 146 Å². The maximum absolute atomic E-state index is 13.5. The molecule has 1 aromatic rings. The number of amides is 2. The van der Waals surface area contributed by atoms with E-state index in [1.165, 1.54) is 22.5 Å². The molecule has 2 amide bonds. The van der Waals surface area contributed by atoms with E-state index in [2.05, 4.69) is 10.9 Å². The highest BCUT2D eigenvalue weighted by Crippen LogP contribution is 2.20. The lowest BCUT2D eigenvalue weighted by Gasteiger charge is -2.31. The number of nitrogens with zero attached hydrogens (tertiary/aromatic N) is 1. The molecule has 2 N–H and O–H groups in total. The molecule has 9 heteroatoms. The van der Waals surface area contributed by atoms with Gasteiger partial charge in [0.15, 0.2) is 0 Å². The van der Waals surface area contributed by atoms with Crippen LogP contribution in [0.25, 0.3) is 0 Å². The number of carbonyl (C=O) groups is 2. The number of sulfonamides is 1. The topological polar surface area (TPSA) is 95.6 Å². The summed E-state index contributed by atoms with van der Waals surface area (Å²) in [7, 11) is -3.36. The zero-order valence-electron chi connectivity index (χ0n) is 14.0. The van der Waals surface area contributed by atoms with Crippen molar-refractivity contribution in [3.63, 3.8) is 0 Å². The van der Waals surface area contributed by atoms with Crippen molar-refractivity contribution >= 4 is 21.8 Å². The van der Waals surface area contributed by atoms with E-state index in [-0.39, 0.29) is 17.9 Å². The number of carbonyl (C=O) groups excluding carboxylic acids is 2. The minimum absolute atomic E-state index is 0.0470. The fourth-order valence-corrected chi connectivity index (χ4v) is 4.32. The van der Waals surface area contributed by atoms with E-state index in [1.54, 1.807) is 6.92 Å². The van der Waals surface area contributed by atoms with Crippen LogP contribution >= 0.6 is 0 Å². The van der Waals surface area contributed by atoms with E-state index in [0.717, 1.165) is 6.07 Å². The van der Waals surface area contributed by atoms with Gasteiger partial charge in [-0.1, -0.05) is 19.1 Å². The molecule has 1 atom stereocenters. The van der Waals surface area contributed by atoms with Crippen molar-refractivity contribution in [2.75, 3.05) is 18.8 Å². The summed E-state index contributed by atoms with van der Waals surface area (Å²) in [4.78, 5) is 24.1. The summed E-state index contributed by atoms with van der Waals surface area (Å²) in [5, 5.41) is 0.